The summed E-state index contributed by atoms with van der Waals surface area (Å²) in [6.45, 7) is 2.33. The topological polar surface area (TPSA) is 50.8 Å². The van der Waals surface area contributed by atoms with Crippen LogP contribution in [0.4, 0.5) is 5.69 Å². The Kier molecular flexibility index (Phi) is 4.41. The molecular weight excluding hydrogens is 256 g/mol. The van der Waals surface area contributed by atoms with Crippen LogP contribution >= 0.6 is 11.6 Å². The number of benzene rings is 1. The van der Waals surface area contributed by atoms with Crippen molar-refractivity contribution < 1.29 is 14.4 Å². The van der Waals surface area contributed by atoms with E-state index in [-0.39, 0.29) is 5.91 Å². The van der Waals surface area contributed by atoms with Crippen LogP contribution in [0.1, 0.15) is 10.4 Å². The Balaban J connectivity index is 2.24. The van der Waals surface area contributed by atoms with Gasteiger partial charge in [0.1, 0.15) is 0 Å². The van der Waals surface area contributed by atoms with Crippen LogP contribution in [0, 0.1) is 0 Å². The fraction of sp³-hybridized carbons (Fsp3) is 0.417. The summed E-state index contributed by atoms with van der Waals surface area (Å²) in [5, 5.41) is 0.522. The van der Waals surface area contributed by atoms with Crippen molar-refractivity contribution in [3.63, 3.8) is 0 Å². The van der Waals surface area contributed by atoms with Gasteiger partial charge in [-0.3, -0.25) is 15.1 Å². The molecule has 1 aliphatic heterocycles. The molecule has 0 aliphatic carbocycles. The van der Waals surface area contributed by atoms with Crippen molar-refractivity contribution in [1.29, 1.82) is 0 Å². The highest BCUT2D eigenvalue weighted by atomic mass is 35.5. The van der Waals surface area contributed by atoms with Crippen molar-refractivity contribution in [2.45, 2.75) is 0 Å². The van der Waals surface area contributed by atoms with Gasteiger partial charge in [0, 0.05) is 18.1 Å². The molecule has 1 fully saturated rings. The van der Waals surface area contributed by atoms with E-state index in [2.05, 4.69) is 5.48 Å². The third-order valence-electron chi connectivity index (χ3n) is 2.72. The Morgan fingerprint density at radius 3 is 2.83 bits per heavy atom. The van der Waals surface area contributed by atoms with Gasteiger partial charge in [-0.15, -0.1) is 0 Å². The molecule has 0 radical (unpaired) electrons. The quantitative estimate of drug-likeness (QED) is 0.851. The average Bonchev–Trinajstić information content (AvgIpc) is 2.41. The second-order valence-electron chi connectivity index (χ2n) is 3.90. The zero-order chi connectivity index (χ0) is 13.0. The zero-order valence-corrected chi connectivity index (χ0v) is 10.9. The number of carbonyl (C=O) groups is 1. The van der Waals surface area contributed by atoms with Crippen molar-refractivity contribution in [2.75, 3.05) is 38.9 Å². The Bertz CT molecular complexity index is 433. The number of ether oxygens (including phenoxy) is 1. The number of halogens is 1. The fourth-order valence-electron chi connectivity index (χ4n) is 1.83. The minimum absolute atomic E-state index is 0.0691. The van der Waals surface area contributed by atoms with E-state index in [9.17, 15) is 4.79 Å². The molecule has 1 aliphatic rings. The van der Waals surface area contributed by atoms with Crippen molar-refractivity contribution in [3.8, 4) is 0 Å². The Labute approximate surface area is 111 Å². The summed E-state index contributed by atoms with van der Waals surface area (Å²) >= 11 is 5.94. The predicted octanol–water partition coefficient (Wildman–Crippen LogP) is 1.79. The molecule has 6 heteroatoms. The lowest BCUT2D eigenvalue weighted by Crippen LogP contribution is -2.40. The number of carbonyl (C=O) groups excluding carboxylic acids is 1. The van der Waals surface area contributed by atoms with Gasteiger partial charge in [0.15, 0.2) is 0 Å². The molecule has 98 valence electrons. The molecule has 18 heavy (non-hydrogen) atoms. The van der Waals surface area contributed by atoms with Crippen molar-refractivity contribution in [2.24, 2.45) is 0 Å². The van der Waals surface area contributed by atoms with E-state index in [1.807, 2.05) is 0 Å². The van der Waals surface area contributed by atoms with E-state index < -0.39 is 0 Å². The number of nitrogens with one attached hydrogen (secondary N) is 1. The molecule has 2 rings (SSSR count). The summed E-state index contributed by atoms with van der Waals surface area (Å²) in [5.41, 5.74) is 3.80. The summed E-state index contributed by atoms with van der Waals surface area (Å²) in [6, 6.07) is 5.07. The van der Waals surface area contributed by atoms with Gasteiger partial charge in [-0.1, -0.05) is 11.6 Å². The second kappa shape index (κ2) is 6.04. The normalized spacial score (nSPS) is 15.6. The van der Waals surface area contributed by atoms with Crippen molar-refractivity contribution in [3.05, 3.63) is 28.8 Å². The zero-order valence-electron chi connectivity index (χ0n) is 10.1. The maximum Gasteiger partial charge on any atom is 0.256 e. The standard InChI is InChI=1S/C12H15ClN2O3/c1-17-14-11-3-2-9(13)8-10(11)12(16)15-4-6-18-7-5-15/h2-3,8,14H,4-7H2,1H3. The van der Waals surface area contributed by atoms with Gasteiger partial charge in [0.2, 0.25) is 0 Å². The van der Waals surface area contributed by atoms with E-state index in [0.717, 1.165) is 0 Å². The third-order valence-corrected chi connectivity index (χ3v) is 2.96. The minimum atomic E-state index is -0.0691. The summed E-state index contributed by atoms with van der Waals surface area (Å²) < 4.78 is 5.23. The molecule has 5 nitrogen and oxygen atoms in total. The molecule has 1 aromatic rings. The number of amides is 1. The monoisotopic (exact) mass is 270 g/mol. The number of morpholine rings is 1. The largest absolute Gasteiger partial charge is 0.378 e. The van der Waals surface area contributed by atoms with Crippen LogP contribution in [0.25, 0.3) is 0 Å². The van der Waals surface area contributed by atoms with Crippen LogP contribution in [0.5, 0.6) is 0 Å². The summed E-state index contributed by atoms with van der Waals surface area (Å²) in [6.07, 6.45) is 0. The first-order valence-electron chi connectivity index (χ1n) is 5.68. The van der Waals surface area contributed by atoms with Gasteiger partial charge >= 0.3 is 0 Å². The molecule has 1 amide bonds. The highest BCUT2D eigenvalue weighted by molar-refractivity contribution is 6.31. The summed E-state index contributed by atoms with van der Waals surface area (Å²) in [4.78, 5) is 19.0. The second-order valence-corrected chi connectivity index (χ2v) is 4.34. The van der Waals surface area contributed by atoms with Gasteiger partial charge in [0.05, 0.1) is 31.6 Å². The Hall–Kier alpha value is -1.30. The van der Waals surface area contributed by atoms with Crippen LogP contribution in [-0.2, 0) is 9.57 Å². The van der Waals surface area contributed by atoms with Crippen LogP contribution in [-0.4, -0.2) is 44.2 Å². The molecule has 1 aromatic carbocycles. The van der Waals surface area contributed by atoms with Crippen LogP contribution in [0.3, 0.4) is 0 Å². The molecule has 0 bridgehead atoms. The molecule has 0 spiro atoms. The lowest BCUT2D eigenvalue weighted by atomic mass is 10.1. The SMILES string of the molecule is CONc1ccc(Cl)cc1C(=O)N1CCOCC1. The van der Waals surface area contributed by atoms with Crippen molar-refractivity contribution >= 4 is 23.2 Å². The molecule has 0 saturated carbocycles. The number of anilines is 1. The maximum atomic E-state index is 12.4. The number of hydrogen-bond acceptors (Lipinski definition) is 4. The van der Waals surface area contributed by atoms with Gasteiger partial charge in [-0.25, -0.2) is 0 Å². The first-order chi connectivity index (χ1) is 8.72. The van der Waals surface area contributed by atoms with E-state index >= 15 is 0 Å². The van der Waals surface area contributed by atoms with Crippen LogP contribution < -0.4 is 5.48 Å². The predicted molar refractivity (Wildman–Crippen MR) is 68.8 cm³/mol. The molecule has 0 aromatic heterocycles. The maximum absolute atomic E-state index is 12.4. The Morgan fingerprint density at radius 1 is 1.44 bits per heavy atom. The smallest absolute Gasteiger partial charge is 0.256 e. The first kappa shape index (κ1) is 13.1. The lowest BCUT2D eigenvalue weighted by Gasteiger charge is -2.27. The molecular formula is C12H15ClN2O3. The molecule has 1 saturated heterocycles. The Morgan fingerprint density at radius 2 is 2.17 bits per heavy atom. The van der Waals surface area contributed by atoms with E-state index in [1.165, 1.54) is 7.11 Å². The van der Waals surface area contributed by atoms with Crippen LogP contribution in [0.2, 0.25) is 5.02 Å². The fourth-order valence-corrected chi connectivity index (χ4v) is 2.00. The molecule has 0 atom stereocenters. The van der Waals surface area contributed by atoms with Gasteiger partial charge in [0.25, 0.3) is 5.91 Å². The average molecular weight is 271 g/mol. The minimum Gasteiger partial charge on any atom is -0.378 e. The number of nitrogens with zero attached hydrogens (tertiary/aromatic N) is 1. The van der Waals surface area contributed by atoms with Gasteiger partial charge in [-0.2, -0.15) is 0 Å². The molecule has 1 N–H and O–H groups in total. The first-order valence-corrected chi connectivity index (χ1v) is 6.05. The van der Waals surface area contributed by atoms with E-state index in [4.69, 9.17) is 21.2 Å². The highest BCUT2D eigenvalue weighted by Gasteiger charge is 2.21. The van der Waals surface area contributed by atoms with Crippen LogP contribution in [0.15, 0.2) is 18.2 Å². The summed E-state index contributed by atoms with van der Waals surface area (Å²) in [5.74, 6) is -0.0691. The van der Waals surface area contributed by atoms with Gasteiger partial charge < -0.3 is 9.64 Å². The number of rotatable bonds is 3. The van der Waals surface area contributed by atoms with Gasteiger partial charge in [-0.05, 0) is 18.2 Å². The third kappa shape index (κ3) is 2.93. The molecule has 1 heterocycles. The summed E-state index contributed by atoms with van der Waals surface area (Å²) in [7, 11) is 1.50. The molecule has 0 unspecified atom stereocenters. The number of hydrogen-bond donors (Lipinski definition) is 1. The van der Waals surface area contributed by atoms with E-state index in [1.54, 1.807) is 23.1 Å². The highest BCUT2D eigenvalue weighted by Crippen LogP contribution is 2.22. The van der Waals surface area contributed by atoms with E-state index in [0.29, 0.717) is 42.6 Å². The van der Waals surface area contributed by atoms with Crippen molar-refractivity contribution in [1.82, 2.24) is 4.90 Å². The lowest BCUT2D eigenvalue weighted by molar-refractivity contribution is 0.0303.